The summed E-state index contributed by atoms with van der Waals surface area (Å²) in [6.45, 7) is 2.40. The van der Waals surface area contributed by atoms with Gasteiger partial charge in [0, 0.05) is 18.1 Å². The molecule has 2 rings (SSSR count). The zero-order chi connectivity index (χ0) is 15.6. The number of aliphatic carboxylic acids is 1. The molecule has 1 aliphatic heterocycles. The van der Waals surface area contributed by atoms with E-state index >= 15 is 0 Å². The number of piperidine rings is 1. The number of ether oxygens (including phenoxy) is 1. The number of carbonyl (C=O) groups is 2. The van der Waals surface area contributed by atoms with E-state index in [1.54, 1.807) is 30.0 Å². The van der Waals surface area contributed by atoms with Crippen molar-refractivity contribution in [3.63, 3.8) is 0 Å². The van der Waals surface area contributed by atoms with Gasteiger partial charge in [-0.05, 0) is 38.0 Å². The molecule has 0 aromatic heterocycles. The first-order chi connectivity index (χ1) is 9.87. The van der Waals surface area contributed by atoms with E-state index in [4.69, 9.17) is 16.3 Å². The minimum Gasteiger partial charge on any atom is -0.496 e. The van der Waals surface area contributed by atoms with Crippen LogP contribution in [0.15, 0.2) is 18.2 Å². The average Bonchev–Trinajstić information content (AvgIpc) is 2.46. The van der Waals surface area contributed by atoms with Crippen LogP contribution in [0.3, 0.4) is 0 Å². The molecule has 21 heavy (non-hydrogen) atoms. The molecule has 1 atom stereocenters. The van der Waals surface area contributed by atoms with Crippen LogP contribution < -0.4 is 4.74 Å². The van der Waals surface area contributed by atoms with Crippen molar-refractivity contribution >= 4 is 23.5 Å². The highest BCUT2D eigenvalue weighted by Gasteiger charge is 2.39. The number of likely N-dealkylation sites (tertiary alicyclic amines) is 1. The van der Waals surface area contributed by atoms with Gasteiger partial charge in [0.25, 0.3) is 5.91 Å². The summed E-state index contributed by atoms with van der Waals surface area (Å²) in [5, 5.41) is 9.77. The van der Waals surface area contributed by atoms with E-state index in [2.05, 4.69) is 0 Å². The first kappa shape index (κ1) is 15.6. The summed E-state index contributed by atoms with van der Waals surface area (Å²) in [4.78, 5) is 25.6. The van der Waals surface area contributed by atoms with Crippen LogP contribution in [0.25, 0.3) is 0 Å². The average molecular weight is 312 g/mol. The van der Waals surface area contributed by atoms with Crippen molar-refractivity contribution in [2.75, 3.05) is 20.2 Å². The predicted molar refractivity (Wildman–Crippen MR) is 78.9 cm³/mol. The maximum atomic E-state index is 12.6. The van der Waals surface area contributed by atoms with Gasteiger partial charge >= 0.3 is 5.97 Å². The van der Waals surface area contributed by atoms with E-state index in [0.717, 1.165) is 0 Å². The van der Waals surface area contributed by atoms with Gasteiger partial charge in [0.15, 0.2) is 0 Å². The second-order valence-electron chi connectivity index (χ2n) is 5.54. The standard InChI is InChI=1S/C15H18ClNO4/c1-15(14(19)20)6-3-7-17(9-15)13(18)11-8-10(16)4-5-12(11)21-2/h4-5,8H,3,6-7,9H2,1-2H3,(H,19,20). The minimum atomic E-state index is -0.903. The van der Waals surface area contributed by atoms with Crippen LogP contribution in [-0.4, -0.2) is 42.1 Å². The lowest BCUT2D eigenvalue weighted by molar-refractivity contribution is -0.150. The van der Waals surface area contributed by atoms with Crippen LogP contribution in [-0.2, 0) is 4.79 Å². The normalized spacial score (nSPS) is 22.0. The molecule has 6 heteroatoms. The quantitative estimate of drug-likeness (QED) is 0.932. The molecule has 0 radical (unpaired) electrons. The molecule has 1 unspecified atom stereocenters. The van der Waals surface area contributed by atoms with E-state index in [0.29, 0.717) is 35.7 Å². The number of carbonyl (C=O) groups excluding carboxylic acids is 1. The number of carboxylic acids is 1. The fraction of sp³-hybridized carbons (Fsp3) is 0.467. The highest BCUT2D eigenvalue weighted by molar-refractivity contribution is 6.31. The van der Waals surface area contributed by atoms with Gasteiger partial charge in [-0.3, -0.25) is 9.59 Å². The van der Waals surface area contributed by atoms with Gasteiger partial charge in [-0.25, -0.2) is 0 Å². The monoisotopic (exact) mass is 311 g/mol. The summed E-state index contributed by atoms with van der Waals surface area (Å²) in [7, 11) is 1.48. The Morgan fingerprint density at radius 1 is 1.43 bits per heavy atom. The Kier molecular flexibility index (Phi) is 4.42. The zero-order valence-electron chi connectivity index (χ0n) is 12.1. The summed E-state index contributed by atoms with van der Waals surface area (Å²) < 4.78 is 5.19. The maximum absolute atomic E-state index is 12.6. The van der Waals surface area contributed by atoms with Crippen molar-refractivity contribution in [1.29, 1.82) is 0 Å². The first-order valence-corrected chi connectivity index (χ1v) is 7.11. The number of carboxylic acid groups (broad SMARTS) is 1. The van der Waals surface area contributed by atoms with Crippen molar-refractivity contribution in [2.24, 2.45) is 5.41 Å². The van der Waals surface area contributed by atoms with Gasteiger partial charge in [0.05, 0.1) is 18.1 Å². The molecule has 1 aliphatic rings. The highest BCUT2D eigenvalue weighted by atomic mass is 35.5. The number of hydrogen-bond acceptors (Lipinski definition) is 3. The third kappa shape index (κ3) is 3.13. The third-order valence-electron chi connectivity index (χ3n) is 3.89. The van der Waals surface area contributed by atoms with Crippen LogP contribution >= 0.6 is 11.6 Å². The number of methoxy groups -OCH3 is 1. The lowest BCUT2D eigenvalue weighted by Gasteiger charge is -2.37. The first-order valence-electron chi connectivity index (χ1n) is 6.73. The fourth-order valence-electron chi connectivity index (χ4n) is 2.61. The molecule has 1 aromatic carbocycles. The fourth-order valence-corrected chi connectivity index (χ4v) is 2.78. The Morgan fingerprint density at radius 3 is 2.76 bits per heavy atom. The van der Waals surface area contributed by atoms with Crippen LogP contribution in [0.4, 0.5) is 0 Å². The largest absolute Gasteiger partial charge is 0.496 e. The van der Waals surface area contributed by atoms with Gasteiger partial charge in [-0.1, -0.05) is 11.6 Å². The molecule has 1 N–H and O–H groups in total. The second kappa shape index (κ2) is 5.93. The topological polar surface area (TPSA) is 66.8 Å². The molecule has 1 aromatic rings. The van der Waals surface area contributed by atoms with Crippen molar-refractivity contribution in [1.82, 2.24) is 4.90 Å². The van der Waals surface area contributed by atoms with E-state index in [-0.39, 0.29) is 12.5 Å². The molecule has 0 bridgehead atoms. The number of halogens is 1. The van der Waals surface area contributed by atoms with Crippen LogP contribution in [0.1, 0.15) is 30.1 Å². The molecule has 0 saturated carbocycles. The van der Waals surface area contributed by atoms with E-state index < -0.39 is 11.4 Å². The Morgan fingerprint density at radius 2 is 2.14 bits per heavy atom. The van der Waals surface area contributed by atoms with Crippen molar-refractivity contribution < 1.29 is 19.4 Å². The van der Waals surface area contributed by atoms with Gasteiger partial charge in [0.1, 0.15) is 5.75 Å². The lowest BCUT2D eigenvalue weighted by atomic mass is 9.82. The van der Waals surface area contributed by atoms with Crippen molar-refractivity contribution in [2.45, 2.75) is 19.8 Å². The SMILES string of the molecule is COc1ccc(Cl)cc1C(=O)N1CCCC(C)(C(=O)O)C1. The van der Waals surface area contributed by atoms with Crippen molar-refractivity contribution in [3.8, 4) is 5.75 Å². The van der Waals surface area contributed by atoms with E-state index in [9.17, 15) is 14.7 Å². The number of nitrogens with zero attached hydrogens (tertiary/aromatic N) is 1. The molecule has 0 spiro atoms. The maximum Gasteiger partial charge on any atom is 0.311 e. The lowest BCUT2D eigenvalue weighted by Crippen LogP contribution is -2.48. The molecule has 1 amide bonds. The molecule has 1 saturated heterocycles. The molecular formula is C15H18ClNO4. The highest BCUT2D eigenvalue weighted by Crippen LogP contribution is 2.32. The Balaban J connectivity index is 2.28. The van der Waals surface area contributed by atoms with Crippen LogP contribution in [0, 0.1) is 5.41 Å². The second-order valence-corrected chi connectivity index (χ2v) is 5.98. The summed E-state index contributed by atoms with van der Waals surface area (Å²) in [6.07, 6.45) is 1.23. The van der Waals surface area contributed by atoms with Gasteiger partial charge in [0.2, 0.25) is 0 Å². The molecular weight excluding hydrogens is 294 g/mol. The summed E-state index contributed by atoms with van der Waals surface area (Å²) >= 11 is 5.94. The molecule has 1 fully saturated rings. The smallest absolute Gasteiger partial charge is 0.311 e. The molecule has 1 heterocycles. The summed E-state index contributed by atoms with van der Waals surface area (Å²) in [5.41, 5.74) is -0.542. The van der Waals surface area contributed by atoms with Gasteiger partial charge in [-0.15, -0.1) is 0 Å². The minimum absolute atomic E-state index is 0.191. The Bertz CT molecular complexity index is 575. The number of benzene rings is 1. The van der Waals surface area contributed by atoms with E-state index in [1.807, 2.05) is 0 Å². The molecule has 0 aliphatic carbocycles. The van der Waals surface area contributed by atoms with Crippen molar-refractivity contribution in [3.05, 3.63) is 28.8 Å². The number of amides is 1. The Labute approximate surface area is 128 Å². The summed E-state index contributed by atoms with van der Waals surface area (Å²) in [5.74, 6) is -0.688. The van der Waals surface area contributed by atoms with Gasteiger partial charge in [-0.2, -0.15) is 0 Å². The molecule has 114 valence electrons. The number of rotatable bonds is 3. The van der Waals surface area contributed by atoms with Gasteiger partial charge < -0.3 is 14.7 Å². The predicted octanol–water partition coefficient (Wildman–Crippen LogP) is 2.68. The molecule has 5 nitrogen and oxygen atoms in total. The zero-order valence-corrected chi connectivity index (χ0v) is 12.8. The Hall–Kier alpha value is -1.75. The third-order valence-corrected chi connectivity index (χ3v) is 4.13. The number of hydrogen-bond donors (Lipinski definition) is 1. The van der Waals surface area contributed by atoms with E-state index in [1.165, 1.54) is 7.11 Å². The van der Waals surface area contributed by atoms with Crippen LogP contribution in [0.2, 0.25) is 5.02 Å². The van der Waals surface area contributed by atoms with Crippen LogP contribution in [0.5, 0.6) is 5.75 Å². The summed E-state index contributed by atoms with van der Waals surface area (Å²) in [6, 6.07) is 4.83.